The summed E-state index contributed by atoms with van der Waals surface area (Å²) in [7, 11) is 0. The molecule has 0 saturated heterocycles. The Labute approximate surface area is 115 Å². The van der Waals surface area contributed by atoms with E-state index in [0.29, 0.717) is 22.4 Å². The van der Waals surface area contributed by atoms with Crippen LogP contribution in [0.2, 0.25) is 5.02 Å². The Morgan fingerprint density at radius 1 is 1.05 bits per heavy atom. The van der Waals surface area contributed by atoms with Gasteiger partial charge in [-0.2, -0.15) is 5.10 Å². The fourth-order valence-corrected chi connectivity index (χ4v) is 2.03. The van der Waals surface area contributed by atoms with E-state index in [0.717, 1.165) is 11.1 Å². The summed E-state index contributed by atoms with van der Waals surface area (Å²) in [6.07, 6.45) is 0. The zero-order valence-corrected chi connectivity index (χ0v) is 10.7. The fraction of sp³-hybridized carbons (Fsp3) is 0. The fourth-order valence-electron chi connectivity index (χ4n) is 1.82. The second kappa shape index (κ2) is 4.74. The van der Waals surface area contributed by atoms with Crippen LogP contribution in [0, 0.1) is 0 Å². The van der Waals surface area contributed by atoms with Gasteiger partial charge in [0.15, 0.2) is 11.6 Å². The number of nitrogens with zero attached hydrogens (tertiary/aromatic N) is 2. The molecule has 2 aromatic carbocycles. The second-order valence-corrected chi connectivity index (χ2v) is 4.52. The van der Waals surface area contributed by atoms with E-state index >= 15 is 0 Å². The average molecular weight is 271 g/mol. The molecular weight excluding hydrogens is 260 g/mol. The predicted octanol–water partition coefficient (Wildman–Crippen LogP) is 3.37. The minimum Gasteiger partial charge on any atom is -0.399 e. The number of H-pyrrole nitrogens is 1. The highest BCUT2D eigenvalue weighted by Gasteiger charge is 2.10. The normalized spacial score (nSPS) is 10.6. The third-order valence-corrected chi connectivity index (χ3v) is 3.09. The second-order valence-electron chi connectivity index (χ2n) is 4.11. The largest absolute Gasteiger partial charge is 0.399 e. The van der Waals surface area contributed by atoms with Crippen molar-refractivity contribution in [1.29, 1.82) is 0 Å². The monoisotopic (exact) mass is 270 g/mol. The Bertz CT molecular complexity index is 706. The van der Waals surface area contributed by atoms with Crippen molar-refractivity contribution < 1.29 is 0 Å². The molecule has 3 aromatic rings. The first-order valence-electron chi connectivity index (χ1n) is 5.77. The summed E-state index contributed by atoms with van der Waals surface area (Å²) in [6.45, 7) is 0. The van der Waals surface area contributed by atoms with Crippen molar-refractivity contribution in [2.24, 2.45) is 0 Å². The Hall–Kier alpha value is -2.33. The minimum atomic E-state index is 0.588. The predicted molar refractivity (Wildman–Crippen MR) is 76.7 cm³/mol. The van der Waals surface area contributed by atoms with Crippen LogP contribution < -0.4 is 5.73 Å². The van der Waals surface area contributed by atoms with Crippen molar-refractivity contribution in [3.63, 3.8) is 0 Å². The molecule has 3 rings (SSSR count). The number of rotatable bonds is 2. The van der Waals surface area contributed by atoms with Crippen LogP contribution in [-0.2, 0) is 0 Å². The maximum absolute atomic E-state index is 6.14. The average Bonchev–Trinajstić information content (AvgIpc) is 2.92. The topological polar surface area (TPSA) is 67.6 Å². The molecule has 0 aliphatic carbocycles. The highest BCUT2D eigenvalue weighted by molar-refractivity contribution is 6.33. The molecule has 0 radical (unpaired) electrons. The molecule has 3 N–H and O–H groups in total. The van der Waals surface area contributed by atoms with Crippen LogP contribution in [0.1, 0.15) is 0 Å². The quantitative estimate of drug-likeness (QED) is 0.702. The maximum Gasteiger partial charge on any atom is 0.181 e. The van der Waals surface area contributed by atoms with Gasteiger partial charge in [0, 0.05) is 16.8 Å². The van der Waals surface area contributed by atoms with Gasteiger partial charge < -0.3 is 5.73 Å². The van der Waals surface area contributed by atoms with E-state index in [2.05, 4.69) is 15.2 Å². The van der Waals surface area contributed by atoms with Crippen LogP contribution in [0.3, 0.4) is 0 Å². The van der Waals surface area contributed by atoms with Crippen LogP contribution >= 0.6 is 11.6 Å². The van der Waals surface area contributed by atoms with E-state index in [1.807, 2.05) is 30.3 Å². The number of nitrogens with one attached hydrogen (secondary N) is 1. The van der Waals surface area contributed by atoms with Crippen LogP contribution in [0.25, 0.3) is 22.8 Å². The first-order chi connectivity index (χ1) is 9.24. The lowest BCUT2D eigenvalue weighted by Gasteiger charge is -2.01. The molecule has 0 aliphatic heterocycles. The van der Waals surface area contributed by atoms with Crippen LogP contribution in [0.5, 0.6) is 0 Å². The lowest BCUT2D eigenvalue weighted by Crippen LogP contribution is -1.88. The van der Waals surface area contributed by atoms with Gasteiger partial charge in [0.2, 0.25) is 0 Å². The van der Waals surface area contributed by atoms with Gasteiger partial charge in [-0.3, -0.25) is 5.10 Å². The maximum atomic E-state index is 6.14. The van der Waals surface area contributed by atoms with Crippen molar-refractivity contribution in [3.8, 4) is 22.8 Å². The van der Waals surface area contributed by atoms with E-state index < -0.39 is 0 Å². The molecule has 0 aliphatic rings. The van der Waals surface area contributed by atoms with Crippen LogP contribution in [0.15, 0.2) is 48.5 Å². The third kappa shape index (κ3) is 2.30. The molecule has 4 nitrogen and oxygen atoms in total. The van der Waals surface area contributed by atoms with Crippen molar-refractivity contribution >= 4 is 17.3 Å². The first kappa shape index (κ1) is 11.7. The Balaban J connectivity index is 2.04. The van der Waals surface area contributed by atoms with Gasteiger partial charge in [0.1, 0.15) is 0 Å². The summed E-state index contributed by atoms with van der Waals surface area (Å²) in [5.41, 5.74) is 8.09. The van der Waals surface area contributed by atoms with Gasteiger partial charge >= 0.3 is 0 Å². The lowest BCUT2D eigenvalue weighted by atomic mass is 10.2. The summed E-state index contributed by atoms with van der Waals surface area (Å²) in [6, 6.07) is 15.0. The highest BCUT2D eigenvalue weighted by Crippen LogP contribution is 2.28. The Morgan fingerprint density at radius 2 is 1.84 bits per heavy atom. The zero-order valence-electron chi connectivity index (χ0n) is 9.97. The third-order valence-electron chi connectivity index (χ3n) is 2.76. The summed E-state index contributed by atoms with van der Waals surface area (Å²) in [5, 5.41) is 7.67. The molecule has 0 fully saturated rings. The van der Waals surface area contributed by atoms with Crippen molar-refractivity contribution in [1.82, 2.24) is 15.2 Å². The van der Waals surface area contributed by atoms with E-state index in [1.54, 1.807) is 18.2 Å². The number of hydrogen-bond acceptors (Lipinski definition) is 3. The lowest BCUT2D eigenvalue weighted by molar-refractivity contribution is 1.10. The molecule has 0 saturated carbocycles. The molecule has 0 atom stereocenters. The standard InChI is InChI=1S/C14H11ClN4/c15-12-7-6-10(16)8-11(12)14-17-13(18-19-14)9-4-2-1-3-5-9/h1-8H,16H2,(H,17,18,19). The smallest absolute Gasteiger partial charge is 0.181 e. The van der Waals surface area contributed by atoms with Gasteiger partial charge in [-0.1, -0.05) is 41.9 Å². The Kier molecular flexibility index (Phi) is 2.93. The van der Waals surface area contributed by atoms with Crippen LogP contribution in [0.4, 0.5) is 5.69 Å². The van der Waals surface area contributed by atoms with Crippen molar-refractivity contribution in [3.05, 3.63) is 53.6 Å². The summed E-state index contributed by atoms with van der Waals surface area (Å²) in [5.74, 6) is 1.24. The summed E-state index contributed by atoms with van der Waals surface area (Å²) < 4.78 is 0. The van der Waals surface area contributed by atoms with E-state index in [1.165, 1.54) is 0 Å². The van der Waals surface area contributed by atoms with Gasteiger partial charge in [-0.05, 0) is 18.2 Å². The number of aromatic amines is 1. The molecule has 1 heterocycles. The molecular formula is C14H11ClN4. The molecule has 0 unspecified atom stereocenters. The number of aromatic nitrogens is 3. The summed E-state index contributed by atoms with van der Waals surface area (Å²) >= 11 is 6.14. The molecule has 0 amide bonds. The zero-order chi connectivity index (χ0) is 13.2. The van der Waals surface area contributed by atoms with Gasteiger partial charge in [-0.15, -0.1) is 0 Å². The highest BCUT2D eigenvalue weighted by atomic mass is 35.5. The number of nitrogen functional groups attached to an aromatic ring is 1. The van der Waals surface area contributed by atoms with E-state index in [4.69, 9.17) is 17.3 Å². The number of anilines is 1. The summed E-state index contributed by atoms with van der Waals surface area (Å²) in [4.78, 5) is 4.45. The van der Waals surface area contributed by atoms with Gasteiger partial charge in [0.25, 0.3) is 0 Å². The molecule has 19 heavy (non-hydrogen) atoms. The first-order valence-corrected chi connectivity index (χ1v) is 6.15. The molecule has 94 valence electrons. The Morgan fingerprint density at radius 3 is 2.63 bits per heavy atom. The number of halogens is 1. The molecule has 0 bridgehead atoms. The number of benzene rings is 2. The number of nitrogens with two attached hydrogens (primary N) is 1. The molecule has 1 aromatic heterocycles. The van der Waals surface area contributed by atoms with Crippen molar-refractivity contribution in [2.45, 2.75) is 0 Å². The SMILES string of the molecule is Nc1ccc(Cl)c(-c2nc(-c3ccccc3)n[nH]2)c1. The number of hydrogen-bond donors (Lipinski definition) is 2. The minimum absolute atomic E-state index is 0.588. The van der Waals surface area contributed by atoms with Gasteiger partial charge in [-0.25, -0.2) is 4.98 Å². The molecule has 5 heteroatoms. The molecule has 0 spiro atoms. The van der Waals surface area contributed by atoms with Crippen molar-refractivity contribution in [2.75, 3.05) is 5.73 Å². The van der Waals surface area contributed by atoms with Gasteiger partial charge in [0.05, 0.1) is 5.02 Å². The van der Waals surface area contributed by atoms with Crippen LogP contribution in [-0.4, -0.2) is 15.2 Å². The van der Waals surface area contributed by atoms with E-state index in [-0.39, 0.29) is 0 Å². The van der Waals surface area contributed by atoms with E-state index in [9.17, 15) is 0 Å².